The molecule has 0 amide bonds. The minimum absolute atomic E-state index is 0.0371. The van der Waals surface area contributed by atoms with E-state index in [0.717, 1.165) is 37.7 Å². The molecule has 1 heterocycles. The van der Waals surface area contributed by atoms with Crippen LogP contribution in [0.2, 0.25) is 0 Å². The zero-order valence-corrected chi connectivity index (χ0v) is 9.84. The summed E-state index contributed by atoms with van der Waals surface area (Å²) in [5.74, 6) is 0.525. The lowest BCUT2D eigenvalue weighted by Crippen LogP contribution is -2.25. The molecular formula is C12H18N4O. The second-order valence-electron chi connectivity index (χ2n) is 4.61. The topological polar surface area (TPSA) is 87.9 Å². The van der Waals surface area contributed by atoms with Crippen LogP contribution < -0.4 is 5.73 Å². The summed E-state index contributed by atoms with van der Waals surface area (Å²) < 4.78 is 1.70. The Morgan fingerprint density at radius 3 is 3.00 bits per heavy atom. The molecule has 0 aliphatic heterocycles. The van der Waals surface area contributed by atoms with Crippen molar-refractivity contribution in [2.45, 2.75) is 50.7 Å². The van der Waals surface area contributed by atoms with Crippen molar-refractivity contribution in [1.82, 2.24) is 9.78 Å². The Kier molecular flexibility index (Phi) is 3.64. The van der Waals surface area contributed by atoms with Crippen molar-refractivity contribution in [2.24, 2.45) is 0 Å². The third kappa shape index (κ3) is 2.42. The van der Waals surface area contributed by atoms with Gasteiger partial charge in [0.25, 0.3) is 0 Å². The number of nitrogens with zero attached hydrogens (tertiary/aromatic N) is 3. The van der Waals surface area contributed by atoms with Gasteiger partial charge in [0.15, 0.2) is 0 Å². The van der Waals surface area contributed by atoms with Gasteiger partial charge in [-0.1, -0.05) is 19.3 Å². The summed E-state index contributed by atoms with van der Waals surface area (Å²) in [7, 11) is 0. The number of aromatic nitrogens is 2. The second-order valence-corrected chi connectivity index (χ2v) is 4.61. The number of nitrogens with two attached hydrogens (primary N) is 1. The Morgan fingerprint density at radius 2 is 2.24 bits per heavy atom. The van der Waals surface area contributed by atoms with E-state index in [1.54, 1.807) is 10.9 Å². The molecule has 2 atom stereocenters. The monoisotopic (exact) mass is 234 g/mol. The highest BCUT2D eigenvalue weighted by molar-refractivity contribution is 5.40. The second kappa shape index (κ2) is 5.19. The van der Waals surface area contributed by atoms with Crippen LogP contribution in [0.4, 0.5) is 5.82 Å². The Labute approximate surface area is 101 Å². The SMILES string of the molecule is N#CCc1cnn(C2CCCCCC2O)c1N. The fourth-order valence-electron chi connectivity index (χ4n) is 2.45. The summed E-state index contributed by atoms with van der Waals surface area (Å²) in [4.78, 5) is 0. The highest BCUT2D eigenvalue weighted by Gasteiger charge is 2.25. The average Bonchev–Trinajstić information content (AvgIpc) is 2.54. The third-order valence-electron chi connectivity index (χ3n) is 3.44. The van der Waals surface area contributed by atoms with Crippen LogP contribution in [0.1, 0.15) is 43.7 Å². The molecule has 1 aromatic rings. The molecule has 0 bridgehead atoms. The number of rotatable bonds is 2. The first-order chi connectivity index (χ1) is 8.24. The van der Waals surface area contributed by atoms with Crippen molar-refractivity contribution in [3.8, 4) is 6.07 Å². The molecule has 5 heteroatoms. The number of aliphatic hydroxyl groups excluding tert-OH is 1. The van der Waals surface area contributed by atoms with Crippen LogP contribution in [0.15, 0.2) is 6.20 Å². The molecule has 2 rings (SSSR count). The molecular weight excluding hydrogens is 216 g/mol. The van der Waals surface area contributed by atoms with E-state index in [1.807, 2.05) is 0 Å². The Hall–Kier alpha value is -1.54. The molecule has 0 aromatic carbocycles. The standard InChI is InChI=1S/C12H18N4O/c13-7-6-9-8-15-16(12(9)14)10-4-2-1-3-5-11(10)17/h8,10-11,17H,1-6,14H2. The molecule has 0 radical (unpaired) electrons. The van der Waals surface area contributed by atoms with Crippen LogP contribution >= 0.6 is 0 Å². The average molecular weight is 234 g/mol. The minimum Gasteiger partial charge on any atom is -0.391 e. The van der Waals surface area contributed by atoms with Crippen LogP contribution in [0.5, 0.6) is 0 Å². The fraction of sp³-hybridized carbons (Fsp3) is 0.667. The lowest BCUT2D eigenvalue weighted by Gasteiger charge is -2.22. The van der Waals surface area contributed by atoms with E-state index in [2.05, 4.69) is 11.2 Å². The third-order valence-corrected chi connectivity index (χ3v) is 3.44. The molecule has 3 N–H and O–H groups in total. The maximum atomic E-state index is 10.1. The lowest BCUT2D eigenvalue weighted by atomic mass is 10.1. The molecule has 1 fully saturated rings. The van der Waals surface area contributed by atoms with Crippen molar-refractivity contribution in [2.75, 3.05) is 5.73 Å². The van der Waals surface area contributed by atoms with Crippen molar-refractivity contribution in [3.63, 3.8) is 0 Å². The van der Waals surface area contributed by atoms with Gasteiger partial charge in [0, 0.05) is 5.56 Å². The molecule has 5 nitrogen and oxygen atoms in total. The van der Waals surface area contributed by atoms with Crippen LogP contribution in [-0.2, 0) is 6.42 Å². The molecule has 17 heavy (non-hydrogen) atoms. The number of nitriles is 1. The molecule has 2 unspecified atom stereocenters. The zero-order valence-electron chi connectivity index (χ0n) is 9.84. The maximum Gasteiger partial charge on any atom is 0.126 e. The van der Waals surface area contributed by atoms with Gasteiger partial charge in [-0.25, -0.2) is 4.68 Å². The van der Waals surface area contributed by atoms with Gasteiger partial charge in [0.05, 0.1) is 30.8 Å². The van der Waals surface area contributed by atoms with Crippen molar-refractivity contribution >= 4 is 5.82 Å². The molecule has 0 spiro atoms. The summed E-state index contributed by atoms with van der Waals surface area (Å²) in [6.45, 7) is 0. The van der Waals surface area contributed by atoms with Crippen LogP contribution in [0, 0.1) is 11.3 Å². The van der Waals surface area contributed by atoms with E-state index < -0.39 is 0 Å². The first-order valence-electron chi connectivity index (χ1n) is 6.11. The summed E-state index contributed by atoms with van der Waals surface area (Å²) in [6.07, 6.45) is 6.54. The van der Waals surface area contributed by atoms with E-state index in [-0.39, 0.29) is 18.6 Å². The summed E-state index contributed by atoms with van der Waals surface area (Å²) in [6, 6.07) is 2.03. The first kappa shape index (κ1) is 11.9. The predicted molar refractivity (Wildman–Crippen MR) is 64.1 cm³/mol. The summed E-state index contributed by atoms with van der Waals surface area (Å²) in [5, 5.41) is 23.0. The van der Waals surface area contributed by atoms with E-state index in [9.17, 15) is 5.11 Å². The number of hydrogen-bond acceptors (Lipinski definition) is 4. The first-order valence-corrected chi connectivity index (χ1v) is 6.11. The van der Waals surface area contributed by atoms with E-state index in [1.165, 1.54) is 0 Å². The van der Waals surface area contributed by atoms with Crippen molar-refractivity contribution in [3.05, 3.63) is 11.8 Å². The van der Waals surface area contributed by atoms with E-state index >= 15 is 0 Å². The van der Waals surface area contributed by atoms with Gasteiger partial charge >= 0.3 is 0 Å². The highest BCUT2D eigenvalue weighted by atomic mass is 16.3. The van der Waals surface area contributed by atoms with Gasteiger partial charge in [0.2, 0.25) is 0 Å². The van der Waals surface area contributed by atoms with Gasteiger partial charge < -0.3 is 10.8 Å². The molecule has 1 aliphatic rings. The number of anilines is 1. The minimum atomic E-state index is -0.380. The van der Waals surface area contributed by atoms with Gasteiger partial charge in [-0.3, -0.25) is 0 Å². The van der Waals surface area contributed by atoms with Crippen molar-refractivity contribution in [1.29, 1.82) is 5.26 Å². The van der Waals surface area contributed by atoms with E-state index in [4.69, 9.17) is 11.0 Å². The van der Waals surface area contributed by atoms with Crippen LogP contribution in [0.25, 0.3) is 0 Å². The number of nitrogen functional groups attached to an aromatic ring is 1. The number of hydrogen-bond donors (Lipinski definition) is 2. The van der Waals surface area contributed by atoms with Crippen LogP contribution in [0.3, 0.4) is 0 Å². The Morgan fingerprint density at radius 1 is 1.47 bits per heavy atom. The van der Waals surface area contributed by atoms with Gasteiger partial charge in [-0.2, -0.15) is 10.4 Å². The van der Waals surface area contributed by atoms with Crippen LogP contribution in [-0.4, -0.2) is 21.0 Å². The Balaban J connectivity index is 2.23. The normalized spacial score (nSPS) is 25.2. The number of aliphatic hydroxyl groups is 1. The predicted octanol–water partition coefficient (Wildman–Crippen LogP) is 1.40. The van der Waals surface area contributed by atoms with E-state index in [0.29, 0.717) is 5.82 Å². The summed E-state index contributed by atoms with van der Waals surface area (Å²) in [5.41, 5.74) is 6.73. The molecule has 0 saturated heterocycles. The molecule has 92 valence electrons. The lowest BCUT2D eigenvalue weighted by molar-refractivity contribution is 0.100. The van der Waals surface area contributed by atoms with Crippen molar-refractivity contribution < 1.29 is 5.11 Å². The smallest absolute Gasteiger partial charge is 0.126 e. The molecule has 1 saturated carbocycles. The maximum absolute atomic E-state index is 10.1. The molecule has 1 aliphatic carbocycles. The largest absolute Gasteiger partial charge is 0.391 e. The summed E-state index contributed by atoms with van der Waals surface area (Å²) >= 11 is 0. The quantitative estimate of drug-likeness (QED) is 0.757. The van der Waals surface area contributed by atoms with Gasteiger partial charge in [-0.15, -0.1) is 0 Å². The highest BCUT2D eigenvalue weighted by Crippen LogP contribution is 2.29. The zero-order chi connectivity index (χ0) is 12.3. The van der Waals surface area contributed by atoms with Gasteiger partial charge in [-0.05, 0) is 12.8 Å². The fourth-order valence-corrected chi connectivity index (χ4v) is 2.45. The molecule has 1 aromatic heterocycles. The van der Waals surface area contributed by atoms with Gasteiger partial charge in [0.1, 0.15) is 5.82 Å². The Bertz CT molecular complexity index is 421.